The van der Waals surface area contributed by atoms with Crippen LogP contribution in [0, 0.1) is 5.82 Å². The zero-order valence-electron chi connectivity index (χ0n) is 8.49. The number of hydrogen-bond acceptors (Lipinski definition) is 2. The molecule has 2 aromatic rings. The highest BCUT2D eigenvalue weighted by atomic mass is 79.9. The van der Waals surface area contributed by atoms with E-state index in [4.69, 9.17) is 5.73 Å². The summed E-state index contributed by atoms with van der Waals surface area (Å²) in [7, 11) is 0. The van der Waals surface area contributed by atoms with Crippen LogP contribution in [0.5, 0.6) is 0 Å². The smallest absolute Gasteiger partial charge is 0.128 e. The minimum Gasteiger partial charge on any atom is -0.324 e. The molecule has 0 saturated carbocycles. The van der Waals surface area contributed by atoms with Crippen molar-refractivity contribution in [1.82, 2.24) is 0 Å². The van der Waals surface area contributed by atoms with E-state index in [0.29, 0.717) is 12.0 Å². The molecule has 2 N–H and O–H groups in total. The lowest BCUT2D eigenvalue weighted by Gasteiger charge is -2.12. The minimum atomic E-state index is -0.295. The summed E-state index contributed by atoms with van der Waals surface area (Å²) < 4.78 is 14.4. The van der Waals surface area contributed by atoms with Gasteiger partial charge in [-0.05, 0) is 29.6 Å². The first-order valence-electron chi connectivity index (χ1n) is 4.89. The molecule has 4 heteroatoms. The van der Waals surface area contributed by atoms with E-state index in [-0.39, 0.29) is 11.9 Å². The largest absolute Gasteiger partial charge is 0.324 e. The normalized spacial score (nSPS) is 12.7. The molecule has 1 aromatic carbocycles. The molecule has 16 heavy (non-hydrogen) atoms. The maximum atomic E-state index is 13.6. The quantitative estimate of drug-likeness (QED) is 0.914. The minimum absolute atomic E-state index is 0.243. The van der Waals surface area contributed by atoms with E-state index >= 15 is 0 Å². The third kappa shape index (κ3) is 2.70. The first kappa shape index (κ1) is 11.8. The van der Waals surface area contributed by atoms with E-state index in [1.165, 1.54) is 10.9 Å². The summed E-state index contributed by atoms with van der Waals surface area (Å²) in [5, 5.41) is 2.00. The lowest BCUT2D eigenvalue weighted by atomic mass is 10.0. The second-order valence-corrected chi connectivity index (χ2v) is 5.50. The maximum absolute atomic E-state index is 13.6. The van der Waals surface area contributed by atoms with Gasteiger partial charge in [0.2, 0.25) is 0 Å². The van der Waals surface area contributed by atoms with Crippen molar-refractivity contribution in [3.05, 3.63) is 56.4 Å². The number of rotatable bonds is 3. The van der Waals surface area contributed by atoms with Crippen LogP contribution in [-0.4, -0.2) is 0 Å². The molecule has 0 bridgehead atoms. The number of benzene rings is 1. The van der Waals surface area contributed by atoms with Crippen LogP contribution < -0.4 is 5.73 Å². The topological polar surface area (TPSA) is 26.0 Å². The van der Waals surface area contributed by atoms with Gasteiger partial charge in [-0.15, -0.1) is 11.3 Å². The first-order chi connectivity index (χ1) is 7.66. The summed E-state index contributed by atoms with van der Waals surface area (Å²) in [6.07, 6.45) is 0.672. The van der Waals surface area contributed by atoms with E-state index in [2.05, 4.69) is 15.9 Å². The highest BCUT2D eigenvalue weighted by Crippen LogP contribution is 2.24. The van der Waals surface area contributed by atoms with Gasteiger partial charge in [0.15, 0.2) is 0 Å². The monoisotopic (exact) mass is 299 g/mol. The zero-order valence-corrected chi connectivity index (χ0v) is 10.9. The molecule has 1 atom stereocenters. The third-order valence-electron chi connectivity index (χ3n) is 2.36. The maximum Gasteiger partial charge on any atom is 0.128 e. The third-order valence-corrected chi connectivity index (χ3v) is 3.75. The van der Waals surface area contributed by atoms with Gasteiger partial charge in [-0.25, -0.2) is 4.39 Å². The summed E-state index contributed by atoms with van der Waals surface area (Å²) >= 11 is 4.96. The van der Waals surface area contributed by atoms with Crippen molar-refractivity contribution < 1.29 is 4.39 Å². The molecule has 0 aliphatic heterocycles. The Balaban J connectivity index is 2.20. The van der Waals surface area contributed by atoms with Crippen molar-refractivity contribution in [2.24, 2.45) is 5.73 Å². The molecule has 0 fully saturated rings. The molecule has 0 radical (unpaired) electrons. The zero-order chi connectivity index (χ0) is 11.5. The molecule has 0 spiro atoms. The van der Waals surface area contributed by atoms with Crippen molar-refractivity contribution in [3.8, 4) is 0 Å². The van der Waals surface area contributed by atoms with Crippen LogP contribution in [0.3, 0.4) is 0 Å². The molecular weight excluding hydrogens is 289 g/mol. The Morgan fingerprint density at radius 2 is 2.19 bits per heavy atom. The van der Waals surface area contributed by atoms with Crippen molar-refractivity contribution in [1.29, 1.82) is 0 Å². The Labute approximate surface area is 106 Å². The Kier molecular flexibility index (Phi) is 3.74. The second-order valence-electron chi connectivity index (χ2n) is 3.56. The van der Waals surface area contributed by atoms with Crippen LogP contribution in [0.1, 0.15) is 16.5 Å². The number of thiophene rings is 1. The SMILES string of the molecule is NC(Cc1cccs1)c1cc(Br)ccc1F. The first-order valence-corrected chi connectivity index (χ1v) is 6.57. The predicted octanol–water partition coefficient (Wildman–Crippen LogP) is 3.89. The Hall–Kier alpha value is -0.710. The number of nitrogens with two attached hydrogens (primary N) is 1. The molecular formula is C12H11BrFNS. The molecule has 2 rings (SSSR count). The van der Waals surface area contributed by atoms with Crippen LogP contribution in [0.15, 0.2) is 40.2 Å². The lowest BCUT2D eigenvalue weighted by Crippen LogP contribution is -2.14. The average molecular weight is 300 g/mol. The molecule has 0 aliphatic rings. The van der Waals surface area contributed by atoms with Gasteiger partial charge in [0.25, 0.3) is 0 Å². The molecule has 84 valence electrons. The predicted molar refractivity (Wildman–Crippen MR) is 69.1 cm³/mol. The van der Waals surface area contributed by atoms with E-state index in [0.717, 1.165) is 4.47 Å². The summed E-state index contributed by atoms with van der Waals surface area (Å²) in [5.41, 5.74) is 6.56. The van der Waals surface area contributed by atoms with Crippen molar-refractivity contribution in [2.75, 3.05) is 0 Å². The molecule has 0 amide bonds. The molecule has 1 nitrogen and oxygen atoms in total. The number of hydrogen-bond donors (Lipinski definition) is 1. The van der Waals surface area contributed by atoms with Crippen molar-refractivity contribution in [3.63, 3.8) is 0 Å². The van der Waals surface area contributed by atoms with E-state index in [1.807, 2.05) is 17.5 Å². The summed E-state index contributed by atoms with van der Waals surface area (Å²) in [6.45, 7) is 0. The van der Waals surface area contributed by atoms with Gasteiger partial charge in [-0.3, -0.25) is 0 Å². The van der Waals surface area contributed by atoms with Crippen molar-refractivity contribution >= 4 is 27.3 Å². The fraction of sp³-hybridized carbons (Fsp3) is 0.167. The molecule has 1 unspecified atom stereocenters. The van der Waals surface area contributed by atoms with Gasteiger partial charge in [0.05, 0.1) is 0 Å². The van der Waals surface area contributed by atoms with Gasteiger partial charge in [0, 0.05) is 27.4 Å². The fourth-order valence-electron chi connectivity index (χ4n) is 1.55. The van der Waals surface area contributed by atoms with Gasteiger partial charge >= 0.3 is 0 Å². The van der Waals surface area contributed by atoms with Gasteiger partial charge in [0.1, 0.15) is 5.82 Å². The van der Waals surface area contributed by atoms with Crippen LogP contribution in [0.2, 0.25) is 0 Å². The summed E-state index contributed by atoms with van der Waals surface area (Å²) in [6, 6.07) is 8.55. The van der Waals surface area contributed by atoms with Crippen molar-refractivity contribution in [2.45, 2.75) is 12.5 Å². The second kappa shape index (κ2) is 5.08. The van der Waals surface area contributed by atoms with E-state index in [9.17, 15) is 4.39 Å². The standard InChI is InChI=1S/C12H11BrFNS/c13-8-3-4-11(14)10(6-8)12(15)7-9-2-1-5-16-9/h1-6,12H,7,15H2. The van der Waals surface area contributed by atoms with Gasteiger partial charge < -0.3 is 5.73 Å². The molecule has 1 heterocycles. The van der Waals surface area contributed by atoms with Crippen LogP contribution in [0.25, 0.3) is 0 Å². The Morgan fingerprint density at radius 1 is 1.38 bits per heavy atom. The van der Waals surface area contributed by atoms with E-state index in [1.54, 1.807) is 23.5 Å². The molecule has 0 saturated heterocycles. The van der Waals surface area contributed by atoms with Crippen LogP contribution >= 0.6 is 27.3 Å². The molecule has 0 aliphatic carbocycles. The van der Waals surface area contributed by atoms with E-state index < -0.39 is 0 Å². The Morgan fingerprint density at radius 3 is 2.88 bits per heavy atom. The van der Waals surface area contributed by atoms with Crippen LogP contribution in [-0.2, 0) is 6.42 Å². The molecule has 1 aromatic heterocycles. The number of halogens is 2. The van der Waals surface area contributed by atoms with Gasteiger partial charge in [-0.1, -0.05) is 22.0 Å². The van der Waals surface area contributed by atoms with Gasteiger partial charge in [-0.2, -0.15) is 0 Å². The fourth-order valence-corrected chi connectivity index (χ4v) is 2.70. The summed E-state index contributed by atoms with van der Waals surface area (Å²) in [4.78, 5) is 1.17. The Bertz CT molecular complexity index is 470. The average Bonchev–Trinajstić information content (AvgIpc) is 2.74. The highest BCUT2D eigenvalue weighted by Gasteiger charge is 2.12. The lowest BCUT2D eigenvalue weighted by molar-refractivity contribution is 0.581. The van der Waals surface area contributed by atoms with Crippen LogP contribution in [0.4, 0.5) is 4.39 Å². The summed E-state index contributed by atoms with van der Waals surface area (Å²) in [5.74, 6) is -0.243. The highest BCUT2D eigenvalue weighted by molar-refractivity contribution is 9.10.